The summed E-state index contributed by atoms with van der Waals surface area (Å²) in [5, 5.41) is 15.2. The fourth-order valence-electron chi connectivity index (χ4n) is 1.89. The van der Waals surface area contributed by atoms with E-state index >= 15 is 0 Å². The fraction of sp³-hybridized carbons (Fsp3) is 0.125. The molecule has 5 heteroatoms. The number of halogens is 1. The number of hydrogen-bond donors (Lipinski definition) is 2. The van der Waals surface area contributed by atoms with Crippen molar-refractivity contribution < 1.29 is 10.0 Å². The van der Waals surface area contributed by atoms with E-state index in [9.17, 15) is 4.79 Å². The Balaban J connectivity index is 2.18. The van der Waals surface area contributed by atoms with E-state index in [4.69, 9.17) is 16.8 Å². The normalized spacial score (nSPS) is 11.3. The minimum atomic E-state index is -0.213. The zero-order valence-corrected chi connectivity index (χ0v) is 12.5. The summed E-state index contributed by atoms with van der Waals surface area (Å²) in [6.07, 6.45) is 0. The third-order valence-electron chi connectivity index (χ3n) is 3.15. The number of rotatable bonds is 3. The van der Waals surface area contributed by atoms with Gasteiger partial charge in [0.25, 0.3) is 5.91 Å². The number of aryl methyl sites for hydroxylation is 1. The molecule has 2 aromatic carbocycles. The summed E-state index contributed by atoms with van der Waals surface area (Å²) in [5.74, 6) is -0.213. The van der Waals surface area contributed by atoms with E-state index in [1.54, 1.807) is 49.4 Å². The highest BCUT2D eigenvalue weighted by atomic mass is 35.5. The second-order valence-electron chi connectivity index (χ2n) is 4.68. The van der Waals surface area contributed by atoms with Gasteiger partial charge in [-0.15, -0.1) is 0 Å². The van der Waals surface area contributed by atoms with Crippen LogP contribution in [0.5, 0.6) is 0 Å². The maximum Gasteiger partial charge on any atom is 0.255 e. The van der Waals surface area contributed by atoms with Gasteiger partial charge in [-0.05, 0) is 49.2 Å². The topological polar surface area (TPSA) is 61.7 Å². The summed E-state index contributed by atoms with van der Waals surface area (Å²) in [6.45, 7) is 3.55. The molecule has 0 aliphatic heterocycles. The number of carbonyl (C=O) groups excluding carboxylic acids is 1. The largest absolute Gasteiger partial charge is 0.411 e. The van der Waals surface area contributed by atoms with Crippen LogP contribution in [0.2, 0.25) is 5.02 Å². The molecule has 21 heavy (non-hydrogen) atoms. The fourth-order valence-corrected chi connectivity index (χ4v) is 2.06. The Bertz CT molecular complexity index is 694. The molecule has 2 rings (SSSR count). The number of carbonyl (C=O) groups is 1. The van der Waals surface area contributed by atoms with Crippen molar-refractivity contribution in [2.45, 2.75) is 13.8 Å². The second kappa shape index (κ2) is 6.41. The van der Waals surface area contributed by atoms with E-state index in [-0.39, 0.29) is 5.91 Å². The highest BCUT2D eigenvalue weighted by Gasteiger charge is 2.10. The third-order valence-corrected chi connectivity index (χ3v) is 3.39. The molecule has 0 atom stereocenters. The Labute approximate surface area is 128 Å². The van der Waals surface area contributed by atoms with Crippen LogP contribution < -0.4 is 5.32 Å². The summed E-state index contributed by atoms with van der Waals surface area (Å²) in [4.78, 5) is 12.2. The molecule has 0 saturated heterocycles. The van der Waals surface area contributed by atoms with Gasteiger partial charge in [-0.3, -0.25) is 4.79 Å². The van der Waals surface area contributed by atoms with E-state index in [1.165, 1.54) is 0 Å². The predicted octanol–water partition coefficient (Wildman–Crippen LogP) is 4.10. The van der Waals surface area contributed by atoms with E-state index in [0.29, 0.717) is 22.0 Å². The Morgan fingerprint density at radius 2 is 1.86 bits per heavy atom. The molecule has 2 N–H and O–H groups in total. The van der Waals surface area contributed by atoms with Gasteiger partial charge in [-0.1, -0.05) is 35.0 Å². The molecule has 0 aliphatic rings. The monoisotopic (exact) mass is 302 g/mol. The van der Waals surface area contributed by atoms with Crippen LogP contribution >= 0.6 is 11.6 Å². The lowest BCUT2D eigenvalue weighted by Crippen LogP contribution is -2.13. The van der Waals surface area contributed by atoms with Gasteiger partial charge >= 0.3 is 0 Å². The zero-order valence-electron chi connectivity index (χ0n) is 11.7. The quantitative estimate of drug-likeness (QED) is 0.509. The van der Waals surface area contributed by atoms with Crippen LogP contribution in [0.3, 0.4) is 0 Å². The number of benzene rings is 2. The molecular formula is C16H15ClN2O2. The number of nitrogens with zero attached hydrogens (tertiary/aromatic N) is 1. The lowest BCUT2D eigenvalue weighted by molar-refractivity contribution is 0.102. The molecule has 4 nitrogen and oxygen atoms in total. The van der Waals surface area contributed by atoms with Crippen molar-refractivity contribution in [3.05, 3.63) is 64.2 Å². The van der Waals surface area contributed by atoms with Crippen LogP contribution in [0.15, 0.2) is 47.6 Å². The van der Waals surface area contributed by atoms with Crippen molar-refractivity contribution in [3.63, 3.8) is 0 Å². The van der Waals surface area contributed by atoms with Crippen molar-refractivity contribution in [3.8, 4) is 0 Å². The molecule has 0 aromatic heterocycles. The van der Waals surface area contributed by atoms with E-state index in [2.05, 4.69) is 10.5 Å². The van der Waals surface area contributed by atoms with Gasteiger partial charge in [0.2, 0.25) is 0 Å². The molecule has 0 aliphatic carbocycles. The van der Waals surface area contributed by atoms with Crippen LogP contribution in [0.1, 0.15) is 28.4 Å². The van der Waals surface area contributed by atoms with Crippen LogP contribution in [-0.2, 0) is 0 Å². The lowest BCUT2D eigenvalue weighted by atomic mass is 10.1. The molecule has 0 fully saturated rings. The first-order valence-electron chi connectivity index (χ1n) is 6.38. The molecule has 0 spiro atoms. The number of amides is 1. The summed E-state index contributed by atoms with van der Waals surface area (Å²) in [5.41, 5.74) is 3.36. The summed E-state index contributed by atoms with van der Waals surface area (Å²) < 4.78 is 0. The average molecular weight is 303 g/mol. The number of hydrogen-bond acceptors (Lipinski definition) is 3. The van der Waals surface area contributed by atoms with Gasteiger partial charge < -0.3 is 10.5 Å². The minimum Gasteiger partial charge on any atom is -0.411 e. The molecule has 1 amide bonds. The Morgan fingerprint density at radius 1 is 1.19 bits per heavy atom. The smallest absolute Gasteiger partial charge is 0.255 e. The average Bonchev–Trinajstić information content (AvgIpc) is 2.49. The number of anilines is 1. The Morgan fingerprint density at radius 3 is 2.48 bits per heavy atom. The first kappa shape index (κ1) is 15.1. The van der Waals surface area contributed by atoms with Gasteiger partial charge in [-0.25, -0.2) is 0 Å². The molecule has 0 saturated carbocycles. The van der Waals surface area contributed by atoms with Crippen molar-refractivity contribution in [2.75, 3.05) is 5.32 Å². The van der Waals surface area contributed by atoms with Crippen molar-refractivity contribution in [1.82, 2.24) is 0 Å². The number of nitrogens with one attached hydrogen (secondary N) is 1. The van der Waals surface area contributed by atoms with Crippen molar-refractivity contribution in [2.24, 2.45) is 5.16 Å². The molecule has 0 bridgehead atoms. The molecule has 108 valence electrons. The van der Waals surface area contributed by atoms with Gasteiger partial charge in [0, 0.05) is 16.3 Å². The highest BCUT2D eigenvalue weighted by molar-refractivity contribution is 6.31. The van der Waals surface area contributed by atoms with E-state index < -0.39 is 0 Å². The SMILES string of the molecule is C/C(=N/O)c1ccc(NC(=O)c2cc(Cl)ccc2C)cc1. The first-order valence-corrected chi connectivity index (χ1v) is 6.75. The van der Waals surface area contributed by atoms with Gasteiger partial charge in [0.1, 0.15) is 0 Å². The maximum absolute atomic E-state index is 12.2. The van der Waals surface area contributed by atoms with E-state index in [0.717, 1.165) is 11.1 Å². The molecular weight excluding hydrogens is 288 g/mol. The van der Waals surface area contributed by atoms with Gasteiger partial charge in [-0.2, -0.15) is 0 Å². The molecule has 0 unspecified atom stereocenters. The summed E-state index contributed by atoms with van der Waals surface area (Å²) in [7, 11) is 0. The minimum absolute atomic E-state index is 0.213. The van der Waals surface area contributed by atoms with Crippen molar-refractivity contribution in [1.29, 1.82) is 0 Å². The van der Waals surface area contributed by atoms with Gasteiger partial charge in [0.05, 0.1) is 5.71 Å². The first-order chi connectivity index (χ1) is 10.0. The Kier molecular flexibility index (Phi) is 4.60. The second-order valence-corrected chi connectivity index (χ2v) is 5.11. The van der Waals surface area contributed by atoms with Gasteiger partial charge in [0.15, 0.2) is 0 Å². The third kappa shape index (κ3) is 3.61. The van der Waals surface area contributed by atoms with E-state index in [1.807, 2.05) is 6.92 Å². The lowest BCUT2D eigenvalue weighted by Gasteiger charge is -2.09. The summed E-state index contributed by atoms with van der Waals surface area (Å²) in [6, 6.07) is 12.2. The van der Waals surface area contributed by atoms with Crippen LogP contribution in [0.25, 0.3) is 0 Å². The standard InChI is InChI=1S/C16H15ClN2O2/c1-10-3-6-13(17)9-15(10)16(20)18-14-7-4-12(5-8-14)11(2)19-21/h3-9,21H,1-2H3,(H,18,20)/b19-11-. The highest BCUT2D eigenvalue weighted by Crippen LogP contribution is 2.18. The number of oxime groups is 1. The molecule has 0 radical (unpaired) electrons. The molecule has 0 heterocycles. The van der Waals surface area contributed by atoms with Crippen molar-refractivity contribution >= 4 is 28.9 Å². The Hall–Kier alpha value is -2.33. The molecule has 2 aromatic rings. The predicted molar refractivity (Wildman–Crippen MR) is 84.6 cm³/mol. The zero-order chi connectivity index (χ0) is 15.4. The van der Waals surface area contributed by atoms with Crippen LogP contribution in [0, 0.1) is 6.92 Å². The van der Waals surface area contributed by atoms with Crippen LogP contribution in [-0.4, -0.2) is 16.8 Å². The van der Waals surface area contributed by atoms with Crippen LogP contribution in [0.4, 0.5) is 5.69 Å². The summed E-state index contributed by atoms with van der Waals surface area (Å²) >= 11 is 5.92. The maximum atomic E-state index is 12.2.